The molecule has 6 nitrogen and oxygen atoms in total. The van der Waals surface area contributed by atoms with Crippen molar-refractivity contribution in [3.8, 4) is 5.75 Å². The van der Waals surface area contributed by atoms with Crippen LogP contribution in [0.3, 0.4) is 0 Å². The highest BCUT2D eigenvalue weighted by molar-refractivity contribution is 7.41. The van der Waals surface area contributed by atoms with Gasteiger partial charge in [-0.3, -0.25) is 4.79 Å². The maximum Gasteiger partial charge on any atom is 0.333 e. The normalized spacial score (nSPS) is 25.2. The molecule has 3 aliphatic rings. The molecule has 3 fully saturated rings. The number of hydrogen-bond donors (Lipinski definition) is 1. The lowest BCUT2D eigenvalue weighted by atomic mass is 9.74. The van der Waals surface area contributed by atoms with Gasteiger partial charge in [0.05, 0.1) is 5.41 Å². The third-order valence-corrected chi connectivity index (χ3v) is 6.59. The summed E-state index contributed by atoms with van der Waals surface area (Å²) in [6.45, 7) is 16.9. The molecule has 162 valence electrons. The quantitative estimate of drug-likeness (QED) is 0.552. The van der Waals surface area contributed by atoms with Gasteiger partial charge in [-0.1, -0.05) is 53.7 Å². The minimum atomic E-state index is -1.29. The van der Waals surface area contributed by atoms with E-state index >= 15 is 0 Å². The third kappa shape index (κ3) is 4.32. The van der Waals surface area contributed by atoms with Gasteiger partial charge < -0.3 is 23.4 Å². The second kappa shape index (κ2) is 7.19. The molecule has 1 aromatic rings. The molecule has 1 aromatic carbocycles. The summed E-state index contributed by atoms with van der Waals surface area (Å²) in [5.74, 6) is -0.0773. The van der Waals surface area contributed by atoms with Gasteiger partial charge in [-0.25, -0.2) is 0 Å². The predicted octanol–water partition coefficient (Wildman–Crippen LogP) is 4.85. The monoisotopic (exact) mass is 424 g/mol. The zero-order valence-electron chi connectivity index (χ0n) is 18.7. The lowest BCUT2D eigenvalue weighted by Gasteiger charge is -2.44. The summed E-state index contributed by atoms with van der Waals surface area (Å²) in [5.41, 5.74) is 0.0497. The first-order valence-electron chi connectivity index (χ1n) is 9.97. The van der Waals surface area contributed by atoms with Crippen LogP contribution in [0.5, 0.6) is 5.75 Å². The fourth-order valence-corrected chi connectivity index (χ4v) is 4.66. The van der Waals surface area contributed by atoms with Crippen LogP contribution in [-0.4, -0.2) is 36.5 Å². The summed E-state index contributed by atoms with van der Waals surface area (Å²) in [6.07, 6.45) is 0. The number of carbonyl (C=O) groups is 1. The third-order valence-electron chi connectivity index (χ3n) is 5.57. The van der Waals surface area contributed by atoms with Crippen LogP contribution >= 0.6 is 8.60 Å². The van der Waals surface area contributed by atoms with E-state index in [-0.39, 0.29) is 36.6 Å². The van der Waals surface area contributed by atoms with E-state index in [9.17, 15) is 9.90 Å². The first kappa shape index (κ1) is 22.5. The van der Waals surface area contributed by atoms with Gasteiger partial charge in [0.2, 0.25) is 0 Å². The number of carbonyl (C=O) groups excluding carboxylic acids is 1. The van der Waals surface area contributed by atoms with Gasteiger partial charge in [0.15, 0.2) is 5.60 Å². The fraction of sp³-hybridized carbons (Fsp3) is 0.682. The van der Waals surface area contributed by atoms with E-state index in [0.29, 0.717) is 5.75 Å². The van der Waals surface area contributed by atoms with Crippen molar-refractivity contribution < 1.29 is 28.2 Å². The zero-order valence-corrected chi connectivity index (χ0v) is 19.6. The predicted molar refractivity (Wildman–Crippen MR) is 112 cm³/mol. The van der Waals surface area contributed by atoms with E-state index in [1.807, 2.05) is 26.0 Å². The molecule has 4 rings (SSSR count). The van der Waals surface area contributed by atoms with Crippen molar-refractivity contribution in [3.63, 3.8) is 0 Å². The van der Waals surface area contributed by atoms with E-state index in [1.54, 1.807) is 0 Å². The van der Waals surface area contributed by atoms with Crippen LogP contribution in [-0.2, 0) is 39.3 Å². The largest absolute Gasteiger partial charge is 0.507 e. The Morgan fingerprint density at radius 3 is 1.72 bits per heavy atom. The van der Waals surface area contributed by atoms with Crippen LogP contribution in [0.4, 0.5) is 0 Å². The molecule has 3 aliphatic heterocycles. The van der Waals surface area contributed by atoms with Crippen LogP contribution in [0.15, 0.2) is 12.1 Å². The summed E-state index contributed by atoms with van der Waals surface area (Å²) in [4.78, 5) is 13.3. The summed E-state index contributed by atoms with van der Waals surface area (Å²) >= 11 is 0. The van der Waals surface area contributed by atoms with Crippen molar-refractivity contribution in [3.05, 3.63) is 28.8 Å². The van der Waals surface area contributed by atoms with E-state index in [4.69, 9.17) is 18.3 Å². The number of hydrogen-bond acceptors (Lipinski definition) is 6. The van der Waals surface area contributed by atoms with Crippen molar-refractivity contribution in [2.24, 2.45) is 0 Å². The molecule has 29 heavy (non-hydrogen) atoms. The first-order chi connectivity index (χ1) is 13.2. The summed E-state index contributed by atoms with van der Waals surface area (Å²) < 4.78 is 22.3. The smallest absolute Gasteiger partial charge is 0.333 e. The van der Waals surface area contributed by atoms with Gasteiger partial charge in [0.1, 0.15) is 25.6 Å². The van der Waals surface area contributed by atoms with Gasteiger partial charge >= 0.3 is 14.6 Å². The summed E-state index contributed by atoms with van der Waals surface area (Å²) in [7, 11) is -1.29. The lowest BCUT2D eigenvalue weighted by molar-refractivity contribution is -0.196. The molecule has 3 heterocycles. The molecule has 3 saturated heterocycles. The minimum Gasteiger partial charge on any atom is -0.507 e. The van der Waals surface area contributed by atoms with Gasteiger partial charge in [-0.2, -0.15) is 0 Å². The van der Waals surface area contributed by atoms with Crippen molar-refractivity contribution in [1.82, 2.24) is 0 Å². The molecule has 0 amide bonds. The van der Waals surface area contributed by atoms with Crippen LogP contribution in [0.2, 0.25) is 0 Å². The second-order valence-electron chi connectivity index (χ2n) is 10.7. The number of phenols is 1. The number of phenolic OH excluding ortho intramolecular Hbond substituents is 1. The zero-order chi connectivity index (χ0) is 21.8. The Kier molecular flexibility index (Phi) is 5.58. The van der Waals surface area contributed by atoms with Crippen LogP contribution in [0.25, 0.3) is 0 Å². The van der Waals surface area contributed by atoms with E-state index in [0.717, 1.165) is 16.7 Å². The SMILES string of the molecule is CC(C)(C)c1cc(C(C)(C)C(=O)OC23COP(OC2)OC3)cc(C(C)(C)C)c1O. The average molecular weight is 424 g/mol. The highest BCUT2D eigenvalue weighted by Gasteiger charge is 2.50. The Labute approximate surface area is 174 Å². The van der Waals surface area contributed by atoms with Crippen LogP contribution < -0.4 is 0 Å². The molecular weight excluding hydrogens is 391 g/mol. The van der Waals surface area contributed by atoms with Crippen LogP contribution in [0, 0.1) is 0 Å². The molecule has 0 saturated carbocycles. The molecule has 7 heteroatoms. The van der Waals surface area contributed by atoms with E-state index in [2.05, 4.69) is 41.5 Å². The van der Waals surface area contributed by atoms with E-state index in [1.165, 1.54) is 0 Å². The summed E-state index contributed by atoms with van der Waals surface area (Å²) in [6, 6.07) is 3.85. The molecule has 2 bridgehead atoms. The molecular formula is C22H33O6P. The van der Waals surface area contributed by atoms with Crippen LogP contribution in [0.1, 0.15) is 72.1 Å². The van der Waals surface area contributed by atoms with Gasteiger partial charge in [-0.15, -0.1) is 0 Å². The number of ether oxygens (including phenoxy) is 1. The van der Waals surface area contributed by atoms with E-state index < -0.39 is 19.6 Å². The molecule has 0 radical (unpaired) electrons. The maximum absolute atomic E-state index is 13.3. The van der Waals surface area contributed by atoms with Crippen molar-refractivity contribution in [2.75, 3.05) is 19.8 Å². The highest BCUT2D eigenvalue weighted by atomic mass is 31.2. The molecule has 0 unspecified atom stereocenters. The van der Waals surface area contributed by atoms with Crippen molar-refractivity contribution in [2.45, 2.75) is 77.2 Å². The van der Waals surface area contributed by atoms with Gasteiger partial charge in [0.25, 0.3) is 0 Å². The number of rotatable bonds is 3. The maximum atomic E-state index is 13.3. The Balaban J connectivity index is 2.00. The number of aromatic hydroxyl groups is 1. The van der Waals surface area contributed by atoms with Gasteiger partial charge in [-0.05, 0) is 41.4 Å². The van der Waals surface area contributed by atoms with Crippen molar-refractivity contribution >= 4 is 14.6 Å². The molecule has 0 aliphatic carbocycles. The van der Waals surface area contributed by atoms with Crippen molar-refractivity contribution in [1.29, 1.82) is 0 Å². The number of fused-ring (bicyclic) bond motifs is 3. The number of benzene rings is 1. The number of esters is 1. The molecule has 0 atom stereocenters. The standard InChI is InChI=1S/C22H33O6P/c1-19(2,3)15-9-14(10-16(17(15)23)20(4,5)6)21(7,8)18(24)28-22-11-25-29(26-12-22)27-13-22/h9-10,23H,11-13H2,1-8H3. The Hall–Kier alpha value is -1.20. The molecule has 0 spiro atoms. The minimum absolute atomic E-state index is 0.280. The molecule has 0 aromatic heterocycles. The highest BCUT2D eigenvalue weighted by Crippen LogP contribution is 2.51. The second-order valence-corrected chi connectivity index (χ2v) is 11.9. The molecule has 1 N–H and O–H groups in total. The summed E-state index contributed by atoms with van der Waals surface area (Å²) in [5, 5.41) is 11.0. The Morgan fingerprint density at radius 1 is 0.931 bits per heavy atom. The first-order valence-corrected chi connectivity index (χ1v) is 11.1. The fourth-order valence-electron chi connectivity index (χ4n) is 3.42. The Bertz CT molecular complexity index is 746. The lowest BCUT2D eigenvalue weighted by Crippen LogP contribution is -2.55. The topological polar surface area (TPSA) is 74.2 Å². The van der Waals surface area contributed by atoms with Gasteiger partial charge in [0, 0.05) is 0 Å². The Morgan fingerprint density at radius 2 is 1.34 bits per heavy atom. The average Bonchev–Trinajstić information content (AvgIpc) is 2.60.